The van der Waals surface area contributed by atoms with Gasteiger partial charge in [0.2, 0.25) is 0 Å². The Hall–Kier alpha value is -1.88. The lowest BCUT2D eigenvalue weighted by molar-refractivity contribution is 0.340. The quantitative estimate of drug-likeness (QED) is 0.552. The molecule has 5 heteroatoms. The van der Waals surface area contributed by atoms with Gasteiger partial charge in [0.05, 0.1) is 11.5 Å². The Morgan fingerprint density at radius 1 is 1.08 bits per heavy atom. The third-order valence-corrected chi connectivity index (χ3v) is 5.08. The van der Waals surface area contributed by atoms with E-state index in [2.05, 4.69) is 34.6 Å². The fourth-order valence-electron chi connectivity index (χ4n) is 2.49. The van der Waals surface area contributed by atoms with Gasteiger partial charge in [-0.15, -0.1) is 11.3 Å². The summed E-state index contributed by atoms with van der Waals surface area (Å²) in [5, 5.41) is 5.33. The summed E-state index contributed by atoms with van der Waals surface area (Å²) in [6.45, 7) is 4.38. The average molecular weight is 373 g/mol. The second-order valence-corrected chi connectivity index (χ2v) is 7.18. The SMILES string of the molecule is CCOc1ccc(-c2cnc(CNCCc3ccc(Cl)cc3)s2)cc1. The molecule has 3 aromatic rings. The van der Waals surface area contributed by atoms with Crippen molar-refractivity contribution in [2.24, 2.45) is 0 Å². The number of nitrogens with one attached hydrogen (secondary N) is 1. The van der Waals surface area contributed by atoms with E-state index in [1.807, 2.05) is 37.4 Å². The summed E-state index contributed by atoms with van der Waals surface area (Å²) in [4.78, 5) is 5.69. The van der Waals surface area contributed by atoms with Gasteiger partial charge >= 0.3 is 0 Å². The lowest BCUT2D eigenvalue weighted by Gasteiger charge is -2.04. The molecule has 130 valence electrons. The highest BCUT2D eigenvalue weighted by atomic mass is 35.5. The summed E-state index contributed by atoms with van der Waals surface area (Å²) >= 11 is 7.62. The zero-order valence-electron chi connectivity index (χ0n) is 14.2. The van der Waals surface area contributed by atoms with E-state index in [0.29, 0.717) is 6.61 Å². The first kappa shape index (κ1) is 17.9. The summed E-state index contributed by atoms with van der Waals surface area (Å²) in [7, 11) is 0. The van der Waals surface area contributed by atoms with Crippen molar-refractivity contribution in [3.8, 4) is 16.2 Å². The minimum atomic E-state index is 0.686. The number of ether oxygens (including phenoxy) is 1. The van der Waals surface area contributed by atoms with Crippen molar-refractivity contribution in [3.63, 3.8) is 0 Å². The van der Waals surface area contributed by atoms with Gasteiger partial charge in [0.25, 0.3) is 0 Å². The van der Waals surface area contributed by atoms with Gasteiger partial charge in [-0.25, -0.2) is 4.98 Å². The minimum Gasteiger partial charge on any atom is -0.494 e. The molecular weight excluding hydrogens is 352 g/mol. The Bertz CT molecular complexity index is 784. The molecule has 1 heterocycles. The van der Waals surface area contributed by atoms with Gasteiger partial charge in [-0.1, -0.05) is 23.7 Å². The molecule has 0 amide bonds. The van der Waals surface area contributed by atoms with Crippen LogP contribution in [0, 0.1) is 0 Å². The standard InChI is InChI=1S/C20H21ClN2OS/c1-2-24-18-9-5-16(6-10-18)19-13-23-20(25-19)14-22-12-11-15-3-7-17(21)8-4-15/h3-10,13,22H,2,11-12,14H2,1H3. The highest BCUT2D eigenvalue weighted by molar-refractivity contribution is 7.15. The van der Waals surface area contributed by atoms with Crippen LogP contribution in [0.1, 0.15) is 17.5 Å². The number of hydrogen-bond acceptors (Lipinski definition) is 4. The van der Waals surface area contributed by atoms with Crippen LogP contribution in [0.3, 0.4) is 0 Å². The third-order valence-electron chi connectivity index (χ3n) is 3.78. The van der Waals surface area contributed by atoms with Crippen LogP contribution in [0.25, 0.3) is 10.4 Å². The second kappa shape index (κ2) is 8.99. The number of hydrogen-bond donors (Lipinski definition) is 1. The zero-order valence-corrected chi connectivity index (χ0v) is 15.7. The van der Waals surface area contributed by atoms with Gasteiger partial charge < -0.3 is 10.1 Å². The van der Waals surface area contributed by atoms with E-state index in [-0.39, 0.29) is 0 Å². The van der Waals surface area contributed by atoms with Crippen LogP contribution in [-0.2, 0) is 13.0 Å². The predicted molar refractivity (Wildman–Crippen MR) is 106 cm³/mol. The van der Waals surface area contributed by atoms with Crippen LogP contribution in [0.4, 0.5) is 0 Å². The van der Waals surface area contributed by atoms with Gasteiger partial charge in [0.1, 0.15) is 10.8 Å². The molecule has 25 heavy (non-hydrogen) atoms. The maximum absolute atomic E-state index is 5.90. The molecule has 0 unspecified atom stereocenters. The first-order valence-electron chi connectivity index (χ1n) is 8.37. The van der Waals surface area contributed by atoms with Crippen molar-refractivity contribution in [2.75, 3.05) is 13.2 Å². The molecule has 0 bridgehead atoms. The van der Waals surface area contributed by atoms with E-state index in [4.69, 9.17) is 16.3 Å². The lowest BCUT2D eigenvalue weighted by atomic mass is 10.1. The van der Waals surface area contributed by atoms with E-state index in [9.17, 15) is 0 Å². The summed E-state index contributed by atoms with van der Waals surface area (Å²) in [6.07, 6.45) is 2.92. The molecular formula is C20H21ClN2OS. The number of thiazole rings is 1. The Balaban J connectivity index is 1.49. The molecule has 3 rings (SSSR count). The summed E-state index contributed by atoms with van der Waals surface area (Å²) in [6, 6.07) is 16.2. The molecule has 0 radical (unpaired) electrons. The average Bonchev–Trinajstić information content (AvgIpc) is 3.10. The van der Waals surface area contributed by atoms with E-state index in [0.717, 1.165) is 35.3 Å². The Morgan fingerprint density at radius 2 is 1.84 bits per heavy atom. The van der Waals surface area contributed by atoms with Crippen molar-refractivity contribution in [2.45, 2.75) is 19.9 Å². The second-order valence-electron chi connectivity index (χ2n) is 5.63. The van der Waals surface area contributed by atoms with Crippen LogP contribution < -0.4 is 10.1 Å². The molecule has 0 aliphatic rings. The smallest absolute Gasteiger partial charge is 0.119 e. The highest BCUT2D eigenvalue weighted by Crippen LogP contribution is 2.27. The van der Waals surface area contributed by atoms with Crippen LogP contribution >= 0.6 is 22.9 Å². The van der Waals surface area contributed by atoms with Crippen molar-refractivity contribution in [1.82, 2.24) is 10.3 Å². The predicted octanol–water partition coefficient (Wildman–Crippen LogP) is 5.19. The number of aromatic nitrogens is 1. The van der Waals surface area contributed by atoms with Gasteiger partial charge in [-0.2, -0.15) is 0 Å². The van der Waals surface area contributed by atoms with Crippen LogP contribution in [0.2, 0.25) is 5.02 Å². The molecule has 2 aromatic carbocycles. The van der Waals surface area contributed by atoms with Crippen LogP contribution in [-0.4, -0.2) is 18.1 Å². The molecule has 0 spiro atoms. The van der Waals surface area contributed by atoms with Gasteiger partial charge in [-0.05, 0) is 67.4 Å². The van der Waals surface area contributed by atoms with Gasteiger partial charge in [0.15, 0.2) is 0 Å². The largest absolute Gasteiger partial charge is 0.494 e. The van der Waals surface area contributed by atoms with E-state index in [1.54, 1.807) is 11.3 Å². The van der Waals surface area contributed by atoms with Gasteiger partial charge in [0, 0.05) is 17.8 Å². The van der Waals surface area contributed by atoms with Gasteiger partial charge in [-0.3, -0.25) is 0 Å². The number of rotatable bonds is 8. The molecule has 1 aromatic heterocycles. The third kappa shape index (κ3) is 5.30. The van der Waals surface area contributed by atoms with E-state index in [1.165, 1.54) is 16.0 Å². The Labute approximate surface area is 157 Å². The van der Waals surface area contributed by atoms with Crippen molar-refractivity contribution >= 4 is 22.9 Å². The normalized spacial score (nSPS) is 10.8. The summed E-state index contributed by atoms with van der Waals surface area (Å²) in [5.41, 5.74) is 2.46. The molecule has 0 aliphatic heterocycles. The van der Waals surface area contributed by atoms with Crippen molar-refractivity contribution in [1.29, 1.82) is 0 Å². The maximum atomic E-state index is 5.90. The number of benzene rings is 2. The van der Waals surface area contributed by atoms with E-state index < -0.39 is 0 Å². The molecule has 0 fully saturated rings. The first-order chi connectivity index (χ1) is 12.2. The topological polar surface area (TPSA) is 34.1 Å². The van der Waals surface area contributed by atoms with Crippen LogP contribution in [0.5, 0.6) is 5.75 Å². The molecule has 1 N–H and O–H groups in total. The Morgan fingerprint density at radius 3 is 2.56 bits per heavy atom. The number of nitrogens with zero attached hydrogens (tertiary/aromatic N) is 1. The lowest BCUT2D eigenvalue weighted by Crippen LogP contribution is -2.16. The fraction of sp³-hybridized carbons (Fsp3) is 0.250. The fourth-order valence-corrected chi connectivity index (χ4v) is 3.51. The Kier molecular flexibility index (Phi) is 6.45. The van der Waals surface area contributed by atoms with Crippen molar-refractivity contribution in [3.05, 3.63) is 70.3 Å². The molecule has 0 aliphatic carbocycles. The molecule has 0 atom stereocenters. The molecule has 0 saturated carbocycles. The first-order valence-corrected chi connectivity index (χ1v) is 9.57. The monoisotopic (exact) mass is 372 g/mol. The van der Waals surface area contributed by atoms with Crippen molar-refractivity contribution < 1.29 is 4.74 Å². The minimum absolute atomic E-state index is 0.686. The number of halogens is 1. The summed E-state index contributed by atoms with van der Waals surface area (Å²) in [5.74, 6) is 0.903. The molecule has 0 saturated heterocycles. The highest BCUT2D eigenvalue weighted by Gasteiger charge is 2.05. The van der Waals surface area contributed by atoms with E-state index >= 15 is 0 Å². The van der Waals surface area contributed by atoms with Crippen LogP contribution in [0.15, 0.2) is 54.7 Å². The summed E-state index contributed by atoms with van der Waals surface area (Å²) < 4.78 is 5.48. The zero-order chi connectivity index (χ0) is 17.5. The maximum Gasteiger partial charge on any atom is 0.119 e. The molecule has 3 nitrogen and oxygen atoms in total.